The molecule has 2 nitrogen and oxygen atoms in total. The van der Waals surface area contributed by atoms with E-state index in [4.69, 9.17) is 22.1 Å². The lowest BCUT2D eigenvalue weighted by atomic mass is 9.78. The Morgan fingerprint density at radius 2 is 2.31 bits per heavy atom. The first kappa shape index (κ1) is 11.9. The third kappa shape index (κ3) is 2.40. The summed E-state index contributed by atoms with van der Waals surface area (Å²) in [6.07, 6.45) is 2.22. The third-order valence-corrected chi connectivity index (χ3v) is 3.69. The Balaban J connectivity index is 2.22. The van der Waals surface area contributed by atoms with Gasteiger partial charge in [0.15, 0.2) is 0 Å². The van der Waals surface area contributed by atoms with Crippen LogP contribution in [0.1, 0.15) is 25.3 Å². The Morgan fingerprint density at radius 1 is 1.50 bits per heavy atom. The van der Waals surface area contributed by atoms with Gasteiger partial charge >= 0.3 is 0 Å². The molecule has 0 bridgehead atoms. The first-order valence-corrected chi connectivity index (χ1v) is 6.11. The summed E-state index contributed by atoms with van der Waals surface area (Å²) >= 11 is 6.00. The number of ether oxygens (including phenoxy) is 1. The molecule has 1 fully saturated rings. The van der Waals surface area contributed by atoms with Gasteiger partial charge < -0.3 is 10.5 Å². The number of hydrogen-bond acceptors (Lipinski definition) is 2. The highest BCUT2D eigenvalue weighted by Gasteiger charge is 2.33. The van der Waals surface area contributed by atoms with Gasteiger partial charge in [-0.2, -0.15) is 0 Å². The van der Waals surface area contributed by atoms with Crippen molar-refractivity contribution in [2.24, 2.45) is 11.7 Å². The normalized spacial score (nSPS) is 25.1. The van der Waals surface area contributed by atoms with Gasteiger partial charge in [0.05, 0.1) is 6.61 Å². The van der Waals surface area contributed by atoms with Crippen molar-refractivity contribution in [3.8, 4) is 0 Å². The number of nitrogens with two attached hydrogens (primary N) is 1. The zero-order chi connectivity index (χ0) is 11.6. The molecule has 0 radical (unpaired) electrons. The summed E-state index contributed by atoms with van der Waals surface area (Å²) in [6.45, 7) is 3.68. The molecule has 16 heavy (non-hydrogen) atoms. The molecule has 0 aromatic heterocycles. The van der Waals surface area contributed by atoms with Crippen LogP contribution < -0.4 is 5.73 Å². The molecule has 0 aliphatic carbocycles. The zero-order valence-corrected chi connectivity index (χ0v) is 10.3. The van der Waals surface area contributed by atoms with E-state index in [2.05, 4.69) is 6.92 Å². The van der Waals surface area contributed by atoms with Gasteiger partial charge in [-0.1, -0.05) is 23.7 Å². The second-order valence-electron chi connectivity index (χ2n) is 4.71. The molecule has 1 aromatic rings. The fourth-order valence-corrected chi connectivity index (χ4v) is 2.46. The second kappa shape index (κ2) is 4.74. The van der Waals surface area contributed by atoms with Crippen molar-refractivity contribution in [3.05, 3.63) is 34.9 Å². The van der Waals surface area contributed by atoms with Gasteiger partial charge in [-0.05, 0) is 37.5 Å². The van der Waals surface area contributed by atoms with Gasteiger partial charge in [0.2, 0.25) is 0 Å². The molecular formula is C13H18ClNO. The average molecular weight is 240 g/mol. The Morgan fingerprint density at radius 3 is 2.94 bits per heavy atom. The van der Waals surface area contributed by atoms with Crippen molar-refractivity contribution in [2.75, 3.05) is 13.2 Å². The number of rotatable bonds is 2. The minimum absolute atomic E-state index is 0.356. The molecule has 3 heteroatoms. The first-order chi connectivity index (χ1) is 7.60. The zero-order valence-electron chi connectivity index (χ0n) is 9.58. The van der Waals surface area contributed by atoms with Gasteiger partial charge in [-0.25, -0.2) is 0 Å². The molecule has 0 saturated carbocycles. The van der Waals surface area contributed by atoms with Gasteiger partial charge in [0, 0.05) is 23.1 Å². The van der Waals surface area contributed by atoms with Crippen molar-refractivity contribution in [2.45, 2.75) is 25.3 Å². The maximum Gasteiger partial charge on any atom is 0.0515 e. The van der Waals surface area contributed by atoms with Crippen LogP contribution in [0.2, 0.25) is 5.02 Å². The van der Waals surface area contributed by atoms with Crippen molar-refractivity contribution < 1.29 is 4.74 Å². The second-order valence-corrected chi connectivity index (χ2v) is 5.14. The molecule has 1 aromatic carbocycles. The van der Waals surface area contributed by atoms with Crippen molar-refractivity contribution >= 4 is 11.6 Å². The van der Waals surface area contributed by atoms with Crippen molar-refractivity contribution in [1.82, 2.24) is 0 Å². The van der Waals surface area contributed by atoms with Crippen LogP contribution in [-0.4, -0.2) is 13.2 Å². The molecule has 0 amide bonds. The monoisotopic (exact) mass is 239 g/mol. The Kier molecular flexibility index (Phi) is 3.53. The fraction of sp³-hybridized carbons (Fsp3) is 0.538. The van der Waals surface area contributed by atoms with Gasteiger partial charge in [-0.15, -0.1) is 0 Å². The molecule has 1 saturated heterocycles. The molecular weight excluding hydrogens is 222 g/mol. The lowest BCUT2D eigenvalue weighted by molar-refractivity contribution is 0.0243. The van der Waals surface area contributed by atoms with Crippen LogP contribution >= 0.6 is 11.6 Å². The highest BCUT2D eigenvalue weighted by atomic mass is 35.5. The van der Waals surface area contributed by atoms with Crippen LogP contribution in [0.25, 0.3) is 0 Å². The topological polar surface area (TPSA) is 35.2 Å². The van der Waals surface area contributed by atoms with Crippen LogP contribution in [0.3, 0.4) is 0 Å². The number of benzene rings is 1. The summed E-state index contributed by atoms with van der Waals surface area (Å²) in [5, 5.41) is 0.742. The quantitative estimate of drug-likeness (QED) is 0.861. The lowest BCUT2D eigenvalue weighted by Gasteiger charge is -2.37. The Hall–Kier alpha value is -0.570. The molecule has 2 unspecified atom stereocenters. The lowest BCUT2D eigenvalue weighted by Crippen LogP contribution is -2.44. The highest BCUT2D eigenvalue weighted by molar-refractivity contribution is 6.30. The Bertz CT molecular complexity index is 359. The third-order valence-electron chi connectivity index (χ3n) is 3.45. The molecule has 2 rings (SSSR count). The summed E-state index contributed by atoms with van der Waals surface area (Å²) in [7, 11) is 0. The number of hydrogen-bond donors (Lipinski definition) is 1. The molecule has 1 heterocycles. The average Bonchev–Trinajstić information content (AvgIpc) is 2.30. The highest BCUT2D eigenvalue weighted by Crippen LogP contribution is 2.33. The van der Waals surface area contributed by atoms with Crippen LogP contribution in [0, 0.1) is 5.92 Å². The van der Waals surface area contributed by atoms with Crippen molar-refractivity contribution in [1.29, 1.82) is 0 Å². The standard InChI is InChI=1S/C13H18ClNO/c1-13(15,11-5-3-7-16-9-11)10-4-2-6-12(14)8-10/h2,4,6,8,11H,3,5,7,9,15H2,1H3. The fourth-order valence-electron chi connectivity index (χ4n) is 2.27. The first-order valence-electron chi connectivity index (χ1n) is 5.73. The molecule has 0 spiro atoms. The van der Waals surface area contributed by atoms with Crippen LogP contribution in [0.4, 0.5) is 0 Å². The van der Waals surface area contributed by atoms with Crippen LogP contribution in [0.5, 0.6) is 0 Å². The summed E-state index contributed by atoms with van der Waals surface area (Å²) in [6, 6.07) is 7.82. The minimum Gasteiger partial charge on any atom is -0.381 e. The summed E-state index contributed by atoms with van der Waals surface area (Å²) < 4.78 is 5.51. The molecule has 2 N–H and O–H groups in total. The maximum atomic E-state index is 6.44. The van der Waals surface area contributed by atoms with Crippen molar-refractivity contribution in [3.63, 3.8) is 0 Å². The van der Waals surface area contributed by atoms with Gasteiger partial charge in [-0.3, -0.25) is 0 Å². The van der Waals surface area contributed by atoms with E-state index in [1.54, 1.807) is 0 Å². The molecule has 1 aliphatic heterocycles. The maximum absolute atomic E-state index is 6.44. The predicted octanol–water partition coefficient (Wildman–Crippen LogP) is 2.94. The molecule has 1 aliphatic rings. The van der Waals surface area contributed by atoms with Crippen LogP contribution in [-0.2, 0) is 10.3 Å². The van der Waals surface area contributed by atoms with Gasteiger partial charge in [0.1, 0.15) is 0 Å². The number of halogens is 1. The summed E-state index contributed by atoms with van der Waals surface area (Å²) in [5.74, 6) is 0.375. The van der Waals surface area contributed by atoms with Crippen LogP contribution in [0.15, 0.2) is 24.3 Å². The van der Waals surface area contributed by atoms with E-state index in [0.29, 0.717) is 5.92 Å². The van der Waals surface area contributed by atoms with E-state index in [1.165, 1.54) is 0 Å². The largest absolute Gasteiger partial charge is 0.381 e. The summed E-state index contributed by atoms with van der Waals surface area (Å²) in [5.41, 5.74) is 7.18. The smallest absolute Gasteiger partial charge is 0.0515 e. The van der Waals surface area contributed by atoms with E-state index < -0.39 is 0 Å². The predicted molar refractivity (Wildman–Crippen MR) is 66.5 cm³/mol. The van der Waals surface area contributed by atoms with E-state index in [1.807, 2.05) is 24.3 Å². The van der Waals surface area contributed by atoms with Gasteiger partial charge in [0.25, 0.3) is 0 Å². The van der Waals surface area contributed by atoms with E-state index >= 15 is 0 Å². The molecule has 88 valence electrons. The Labute approximate surface area is 102 Å². The van der Waals surface area contributed by atoms with E-state index in [-0.39, 0.29) is 5.54 Å². The van der Waals surface area contributed by atoms with E-state index in [0.717, 1.165) is 36.6 Å². The molecule has 2 atom stereocenters. The van der Waals surface area contributed by atoms with E-state index in [9.17, 15) is 0 Å². The SMILES string of the molecule is CC(N)(c1cccc(Cl)c1)C1CCCOC1. The minimum atomic E-state index is -0.356. The summed E-state index contributed by atoms with van der Waals surface area (Å²) in [4.78, 5) is 0.